The molecule has 1 N–H and O–H groups in total. The van der Waals surface area contributed by atoms with E-state index in [1.807, 2.05) is 41.3 Å². The van der Waals surface area contributed by atoms with Gasteiger partial charge in [-0.05, 0) is 36.5 Å². The minimum atomic E-state index is -0.0242. The highest BCUT2D eigenvalue weighted by Crippen LogP contribution is 2.24. The maximum Gasteiger partial charge on any atom is 0.230 e. The molecule has 1 unspecified atom stereocenters. The van der Waals surface area contributed by atoms with Gasteiger partial charge in [-0.15, -0.1) is 0 Å². The summed E-state index contributed by atoms with van der Waals surface area (Å²) < 4.78 is 0. The second-order valence-corrected chi connectivity index (χ2v) is 7.35. The Kier molecular flexibility index (Phi) is 6.70. The lowest BCUT2D eigenvalue weighted by Gasteiger charge is -2.34. The molecule has 1 aliphatic heterocycles. The number of benzene rings is 2. The third-order valence-electron chi connectivity index (χ3n) is 5.25. The molecule has 138 valence electrons. The third-order valence-corrected chi connectivity index (χ3v) is 5.62. The maximum absolute atomic E-state index is 12.9. The van der Waals surface area contributed by atoms with Gasteiger partial charge in [-0.3, -0.25) is 4.79 Å². The predicted octanol–water partition coefficient (Wildman–Crippen LogP) is 4.61. The highest BCUT2D eigenvalue weighted by molar-refractivity contribution is 6.31. The standard InChI is InChI=1S/C22H27ClN2O/c1-2-20(17-8-4-3-5-9-17)22(26)25-14-12-19(13-15-25)24-16-18-10-6-7-11-21(18)23/h3-11,19-20,24H,2,12-16H2,1H3. The number of hydrogen-bond donors (Lipinski definition) is 1. The normalized spacial score (nSPS) is 16.5. The molecule has 3 nitrogen and oxygen atoms in total. The fourth-order valence-corrected chi connectivity index (χ4v) is 3.86. The SMILES string of the molecule is CCC(C(=O)N1CCC(NCc2ccccc2Cl)CC1)c1ccccc1. The van der Waals surface area contributed by atoms with E-state index >= 15 is 0 Å². The highest BCUT2D eigenvalue weighted by atomic mass is 35.5. The van der Waals surface area contributed by atoms with Crippen molar-refractivity contribution in [1.82, 2.24) is 10.2 Å². The number of piperidine rings is 1. The topological polar surface area (TPSA) is 32.3 Å². The molecule has 1 atom stereocenters. The molecule has 1 heterocycles. The van der Waals surface area contributed by atoms with Crippen molar-refractivity contribution in [3.63, 3.8) is 0 Å². The largest absolute Gasteiger partial charge is 0.342 e. The summed E-state index contributed by atoms with van der Waals surface area (Å²) in [5.41, 5.74) is 2.25. The van der Waals surface area contributed by atoms with Gasteiger partial charge in [0.25, 0.3) is 0 Å². The molecule has 0 spiro atoms. The molecule has 0 saturated carbocycles. The van der Waals surface area contributed by atoms with E-state index < -0.39 is 0 Å². The van der Waals surface area contributed by atoms with Crippen LogP contribution in [-0.2, 0) is 11.3 Å². The zero-order valence-electron chi connectivity index (χ0n) is 15.3. The maximum atomic E-state index is 12.9. The van der Waals surface area contributed by atoms with Crippen LogP contribution in [0.5, 0.6) is 0 Å². The van der Waals surface area contributed by atoms with E-state index in [9.17, 15) is 4.79 Å². The molecular formula is C22H27ClN2O. The Bertz CT molecular complexity index is 711. The lowest BCUT2D eigenvalue weighted by Crippen LogP contribution is -2.46. The lowest BCUT2D eigenvalue weighted by molar-refractivity contribution is -0.134. The average molecular weight is 371 g/mol. The molecule has 2 aromatic carbocycles. The van der Waals surface area contributed by atoms with Crippen LogP contribution < -0.4 is 5.32 Å². The molecule has 2 aromatic rings. The summed E-state index contributed by atoms with van der Waals surface area (Å²) in [5, 5.41) is 4.40. The van der Waals surface area contributed by atoms with Crippen molar-refractivity contribution in [2.45, 2.75) is 44.7 Å². The molecule has 4 heteroatoms. The van der Waals surface area contributed by atoms with Gasteiger partial charge in [-0.1, -0.05) is 67.1 Å². The minimum absolute atomic E-state index is 0.0242. The summed E-state index contributed by atoms with van der Waals surface area (Å²) in [5.74, 6) is 0.243. The van der Waals surface area contributed by atoms with Crippen molar-refractivity contribution in [1.29, 1.82) is 0 Å². The summed E-state index contributed by atoms with van der Waals surface area (Å²) in [6, 6.07) is 18.5. The van der Waals surface area contributed by atoms with Gasteiger partial charge in [0, 0.05) is 30.7 Å². The summed E-state index contributed by atoms with van der Waals surface area (Å²) in [7, 11) is 0. The molecule has 1 aliphatic rings. The first kappa shape index (κ1) is 18.9. The van der Waals surface area contributed by atoms with Crippen molar-refractivity contribution < 1.29 is 4.79 Å². The number of nitrogens with zero attached hydrogens (tertiary/aromatic N) is 1. The van der Waals surface area contributed by atoms with E-state index in [1.54, 1.807) is 0 Å². The predicted molar refractivity (Wildman–Crippen MR) is 107 cm³/mol. The smallest absolute Gasteiger partial charge is 0.230 e. The van der Waals surface area contributed by atoms with Crippen molar-refractivity contribution in [2.75, 3.05) is 13.1 Å². The summed E-state index contributed by atoms with van der Waals surface area (Å²) >= 11 is 6.22. The fourth-order valence-electron chi connectivity index (χ4n) is 3.66. The van der Waals surface area contributed by atoms with Gasteiger partial charge >= 0.3 is 0 Å². The van der Waals surface area contributed by atoms with Gasteiger partial charge in [0.1, 0.15) is 0 Å². The van der Waals surface area contributed by atoms with Crippen molar-refractivity contribution in [3.8, 4) is 0 Å². The monoisotopic (exact) mass is 370 g/mol. The Hall–Kier alpha value is -1.84. The Morgan fingerprint density at radius 1 is 1.12 bits per heavy atom. The van der Waals surface area contributed by atoms with Crippen LogP contribution in [0.15, 0.2) is 54.6 Å². The number of halogens is 1. The number of nitrogens with one attached hydrogen (secondary N) is 1. The molecule has 1 saturated heterocycles. The van der Waals surface area contributed by atoms with Gasteiger partial charge in [-0.25, -0.2) is 0 Å². The Morgan fingerprint density at radius 3 is 2.42 bits per heavy atom. The van der Waals surface area contributed by atoms with E-state index in [2.05, 4.69) is 30.4 Å². The number of carbonyl (C=O) groups excluding carboxylic acids is 1. The summed E-state index contributed by atoms with van der Waals surface area (Å²) in [6.45, 7) is 4.51. The van der Waals surface area contributed by atoms with Crippen LogP contribution in [0.25, 0.3) is 0 Å². The van der Waals surface area contributed by atoms with Gasteiger partial charge in [0.05, 0.1) is 5.92 Å². The summed E-state index contributed by atoms with van der Waals surface area (Å²) in [4.78, 5) is 15.0. The van der Waals surface area contributed by atoms with Crippen LogP contribution in [0.1, 0.15) is 43.2 Å². The number of hydrogen-bond acceptors (Lipinski definition) is 2. The molecule has 0 aliphatic carbocycles. The van der Waals surface area contributed by atoms with Crippen molar-refractivity contribution >= 4 is 17.5 Å². The Labute approximate surface area is 161 Å². The van der Waals surface area contributed by atoms with Gasteiger partial charge in [0.15, 0.2) is 0 Å². The molecule has 0 radical (unpaired) electrons. The van der Waals surface area contributed by atoms with Crippen LogP contribution in [0.4, 0.5) is 0 Å². The minimum Gasteiger partial charge on any atom is -0.342 e. The van der Waals surface area contributed by atoms with Gasteiger partial charge in [0.2, 0.25) is 5.91 Å². The van der Waals surface area contributed by atoms with Crippen molar-refractivity contribution in [2.24, 2.45) is 0 Å². The van der Waals surface area contributed by atoms with Crippen LogP contribution in [-0.4, -0.2) is 29.9 Å². The first-order valence-corrected chi connectivity index (χ1v) is 9.87. The molecular weight excluding hydrogens is 344 g/mol. The Morgan fingerprint density at radius 2 is 1.77 bits per heavy atom. The van der Waals surface area contributed by atoms with Crippen molar-refractivity contribution in [3.05, 3.63) is 70.7 Å². The molecule has 0 aromatic heterocycles. The quantitative estimate of drug-likeness (QED) is 0.805. The second-order valence-electron chi connectivity index (χ2n) is 6.94. The molecule has 3 rings (SSSR count). The van der Waals surface area contributed by atoms with Crippen LogP contribution >= 0.6 is 11.6 Å². The number of likely N-dealkylation sites (tertiary alicyclic amines) is 1. The number of amides is 1. The van der Waals surface area contributed by atoms with Crippen LogP contribution in [0, 0.1) is 0 Å². The zero-order valence-corrected chi connectivity index (χ0v) is 16.1. The Balaban J connectivity index is 1.51. The number of rotatable bonds is 6. The first-order valence-electron chi connectivity index (χ1n) is 9.49. The van der Waals surface area contributed by atoms with E-state index in [0.29, 0.717) is 6.04 Å². The number of carbonyl (C=O) groups is 1. The average Bonchev–Trinajstić information content (AvgIpc) is 2.69. The van der Waals surface area contributed by atoms with E-state index in [0.717, 1.165) is 55.0 Å². The fraction of sp³-hybridized carbons (Fsp3) is 0.409. The third kappa shape index (κ3) is 4.66. The first-order chi connectivity index (χ1) is 12.7. The van der Waals surface area contributed by atoms with Gasteiger partial charge in [-0.2, -0.15) is 0 Å². The molecule has 26 heavy (non-hydrogen) atoms. The van der Waals surface area contributed by atoms with Crippen LogP contribution in [0.2, 0.25) is 5.02 Å². The van der Waals surface area contributed by atoms with E-state index in [-0.39, 0.29) is 11.8 Å². The van der Waals surface area contributed by atoms with E-state index in [1.165, 1.54) is 0 Å². The molecule has 1 fully saturated rings. The zero-order chi connectivity index (χ0) is 18.4. The van der Waals surface area contributed by atoms with Crippen LogP contribution in [0.3, 0.4) is 0 Å². The van der Waals surface area contributed by atoms with Gasteiger partial charge < -0.3 is 10.2 Å². The van der Waals surface area contributed by atoms with E-state index in [4.69, 9.17) is 11.6 Å². The molecule has 0 bridgehead atoms. The highest BCUT2D eigenvalue weighted by Gasteiger charge is 2.28. The lowest BCUT2D eigenvalue weighted by atomic mass is 9.93. The second kappa shape index (κ2) is 9.20. The molecule has 1 amide bonds. The summed E-state index contributed by atoms with van der Waals surface area (Å²) in [6.07, 6.45) is 2.82.